The second-order valence-electron chi connectivity index (χ2n) is 7.06. The number of aryl methyl sites for hydroxylation is 1. The normalized spacial score (nSPS) is 15.6. The van der Waals surface area contributed by atoms with Crippen LogP contribution in [0.15, 0.2) is 48.5 Å². The molecule has 1 aliphatic rings. The quantitative estimate of drug-likeness (QED) is 0.569. The van der Waals surface area contributed by atoms with Gasteiger partial charge < -0.3 is 5.11 Å². The summed E-state index contributed by atoms with van der Waals surface area (Å²) in [5, 5.41) is 15.1. The highest BCUT2D eigenvalue weighted by molar-refractivity contribution is 7.17. The molecule has 0 fully saturated rings. The minimum Gasteiger partial charge on any atom is -0.492 e. The third-order valence-electron chi connectivity index (χ3n) is 5.28. The largest absolute Gasteiger partial charge is 0.492 e. The highest BCUT2D eigenvalue weighted by Gasteiger charge is 2.33. The molecule has 0 radical (unpaired) electrons. The molecule has 0 saturated heterocycles. The number of hydrogen-bond donors (Lipinski definition) is 1. The molecule has 0 spiro atoms. The molecule has 2 aromatic heterocycles. The van der Waals surface area contributed by atoms with E-state index >= 15 is 0 Å². The van der Waals surface area contributed by atoms with E-state index < -0.39 is 6.04 Å². The predicted octanol–water partition coefficient (Wildman–Crippen LogP) is 4.09. The van der Waals surface area contributed by atoms with Crippen molar-refractivity contribution in [2.24, 2.45) is 0 Å². The SMILES string of the molecule is Cc1nc2sc([C@@H](c3ccccc3F)N3CCc4ccccc4C3)c(O)n2n1. The van der Waals surface area contributed by atoms with Crippen LogP contribution in [0.5, 0.6) is 5.88 Å². The Kier molecular flexibility index (Phi) is 4.14. The Morgan fingerprint density at radius 2 is 1.86 bits per heavy atom. The van der Waals surface area contributed by atoms with Crippen LogP contribution < -0.4 is 0 Å². The summed E-state index contributed by atoms with van der Waals surface area (Å²) in [5.41, 5.74) is 3.12. The summed E-state index contributed by atoms with van der Waals surface area (Å²) in [7, 11) is 0. The predicted molar refractivity (Wildman–Crippen MR) is 106 cm³/mol. The van der Waals surface area contributed by atoms with E-state index in [-0.39, 0.29) is 11.7 Å². The second kappa shape index (κ2) is 6.68. The molecule has 0 saturated carbocycles. The van der Waals surface area contributed by atoms with Gasteiger partial charge in [0.05, 0.1) is 10.9 Å². The van der Waals surface area contributed by atoms with Gasteiger partial charge in [0.2, 0.25) is 10.8 Å². The summed E-state index contributed by atoms with van der Waals surface area (Å²) < 4.78 is 16.3. The number of fused-ring (bicyclic) bond motifs is 2. The van der Waals surface area contributed by atoms with Gasteiger partial charge in [-0.3, -0.25) is 4.90 Å². The lowest BCUT2D eigenvalue weighted by atomic mass is 9.95. The molecule has 4 aromatic rings. The van der Waals surface area contributed by atoms with Gasteiger partial charge in [-0.05, 0) is 30.5 Å². The van der Waals surface area contributed by atoms with Crippen LogP contribution in [-0.4, -0.2) is 31.1 Å². The van der Waals surface area contributed by atoms with Gasteiger partial charge in [0.1, 0.15) is 11.6 Å². The van der Waals surface area contributed by atoms with Crippen LogP contribution in [0, 0.1) is 12.7 Å². The second-order valence-corrected chi connectivity index (χ2v) is 8.07. The minimum absolute atomic E-state index is 0.0349. The van der Waals surface area contributed by atoms with Gasteiger partial charge in [-0.25, -0.2) is 9.37 Å². The van der Waals surface area contributed by atoms with Crippen molar-refractivity contribution in [1.82, 2.24) is 19.5 Å². The maximum Gasteiger partial charge on any atom is 0.230 e. The van der Waals surface area contributed by atoms with Crippen LogP contribution >= 0.6 is 11.3 Å². The Bertz CT molecular complexity index is 1170. The average Bonchev–Trinajstić information content (AvgIpc) is 3.21. The van der Waals surface area contributed by atoms with E-state index in [0.717, 1.165) is 13.0 Å². The molecule has 0 amide bonds. The zero-order chi connectivity index (χ0) is 19.3. The number of halogens is 1. The molecule has 2 aromatic carbocycles. The molecule has 0 aliphatic carbocycles. The Morgan fingerprint density at radius 3 is 2.64 bits per heavy atom. The van der Waals surface area contributed by atoms with E-state index in [0.29, 0.717) is 27.8 Å². The molecule has 5 nitrogen and oxygen atoms in total. The Balaban J connectivity index is 1.64. The van der Waals surface area contributed by atoms with Crippen molar-refractivity contribution in [2.75, 3.05) is 6.54 Å². The fraction of sp³-hybridized carbons (Fsp3) is 0.238. The fourth-order valence-electron chi connectivity index (χ4n) is 3.96. The summed E-state index contributed by atoms with van der Waals surface area (Å²) in [6, 6.07) is 14.7. The zero-order valence-corrected chi connectivity index (χ0v) is 16.2. The molecular weight excluding hydrogens is 375 g/mol. The zero-order valence-electron chi connectivity index (χ0n) is 15.3. The van der Waals surface area contributed by atoms with Gasteiger partial charge in [-0.2, -0.15) is 4.52 Å². The Labute approximate surface area is 165 Å². The fourth-order valence-corrected chi connectivity index (χ4v) is 5.12. The topological polar surface area (TPSA) is 53.7 Å². The van der Waals surface area contributed by atoms with Crippen molar-refractivity contribution in [3.63, 3.8) is 0 Å². The van der Waals surface area contributed by atoms with Crippen molar-refractivity contribution in [2.45, 2.75) is 25.9 Å². The summed E-state index contributed by atoms with van der Waals surface area (Å²) in [6.07, 6.45) is 0.891. The molecule has 5 rings (SSSR count). The van der Waals surface area contributed by atoms with Gasteiger partial charge in [-0.1, -0.05) is 53.8 Å². The van der Waals surface area contributed by atoms with Gasteiger partial charge >= 0.3 is 0 Å². The number of rotatable bonds is 3. The lowest BCUT2D eigenvalue weighted by Gasteiger charge is -2.35. The third-order valence-corrected chi connectivity index (χ3v) is 6.35. The molecule has 1 N–H and O–H groups in total. The van der Waals surface area contributed by atoms with Gasteiger partial charge in [-0.15, -0.1) is 5.10 Å². The number of benzene rings is 2. The first-order chi connectivity index (χ1) is 13.6. The molecule has 3 heterocycles. The summed E-state index contributed by atoms with van der Waals surface area (Å²) in [5.74, 6) is 0.357. The number of hydrogen-bond acceptors (Lipinski definition) is 5. The average molecular weight is 394 g/mol. The summed E-state index contributed by atoms with van der Waals surface area (Å²) in [4.78, 5) is 7.87. The molecule has 1 atom stereocenters. The molecule has 142 valence electrons. The van der Waals surface area contributed by atoms with E-state index in [4.69, 9.17) is 0 Å². The number of nitrogens with zero attached hydrogens (tertiary/aromatic N) is 4. The summed E-state index contributed by atoms with van der Waals surface area (Å²) in [6.45, 7) is 3.26. The lowest BCUT2D eigenvalue weighted by Crippen LogP contribution is -2.35. The maximum absolute atomic E-state index is 14.8. The van der Waals surface area contributed by atoms with E-state index in [2.05, 4.69) is 33.2 Å². The van der Waals surface area contributed by atoms with E-state index in [1.54, 1.807) is 19.1 Å². The minimum atomic E-state index is -0.400. The first kappa shape index (κ1) is 17.3. The van der Waals surface area contributed by atoms with Crippen LogP contribution in [0.1, 0.15) is 33.4 Å². The molecule has 0 unspecified atom stereocenters. The Hall–Kier alpha value is -2.77. The lowest BCUT2D eigenvalue weighted by molar-refractivity contribution is 0.202. The number of thiazole rings is 1. The van der Waals surface area contributed by atoms with Crippen molar-refractivity contribution >= 4 is 16.3 Å². The molecular formula is C21H19FN4OS. The van der Waals surface area contributed by atoms with E-state index in [1.807, 2.05) is 12.1 Å². The standard InChI is InChI=1S/C21H19FN4OS/c1-13-23-21-26(24-13)20(27)19(28-21)18(16-8-4-5-9-17(16)22)25-11-10-14-6-2-3-7-15(14)12-25/h2-9,18,27H,10-12H2,1H3/t18-/m1/s1. The first-order valence-corrected chi connectivity index (χ1v) is 10.0. The van der Waals surface area contributed by atoms with Crippen LogP contribution in [0.3, 0.4) is 0 Å². The first-order valence-electron chi connectivity index (χ1n) is 9.22. The van der Waals surface area contributed by atoms with Crippen molar-refractivity contribution < 1.29 is 9.50 Å². The highest BCUT2D eigenvalue weighted by atomic mass is 32.1. The van der Waals surface area contributed by atoms with E-state index in [9.17, 15) is 9.50 Å². The van der Waals surface area contributed by atoms with E-state index in [1.165, 1.54) is 33.0 Å². The van der Waals surface area contributed by atoms with Crippen LogP contribution in [-0.2, 0) is 13.0 Å². The van der Waals surface area contributed by atoms with Gasteiger partial charge in [0, 0.05) is 18.7 Å². The molecule has 0 bridgehead atoms. The van der Waals surface area contributed by atoms with Crippen LogP contribution in [0.4, 0.5) is 4.39 Å². The summed E-state index contributed by atoms with van der Waals surface area (Å²) >= 11 is 1.36. The van der Waals surface area contributed by atoms with Crippen molar-refractivity contribution in [3.05, 3.63) is 81.7 Å². The molecule has 28 heavy (non-hydrogen) atoms. The monoisotopic (exact) mass is 394 g/mol. The third kappa shape index (κ3) is 2.78. The van der Waals surface area contributed by atoms with Crippen LogP contribution in [0.25, 0.3) is 4.96 Å². The number of aromatic nitrogens is 3. The molecule has 7 heteroatoms. The van der Waals surface area contributed by atoms with Gasteiger partial charge in [0.25, 0.3) is 0 Å². The maximum atomic E-state index is 14.8. The van der Waals surface area contributed by atoms with Crippen molar-refractivity contribution in [3.8, 4) is 5.88 Å². The highest BCUT2D eigenvalue weighted by Crippen LogP contribution is 2.42. The Morgan fingerprint density at radius 1 is 1.11 bits per heavy atom. The number of aromatic hydroxyl groups is 1. The molecule has 1 aliphatic heterocycles. The van der Waals surface area contributed by atoms with Gasteiger partial charge in [0.15, 0.2) is 0 Å². The van der Waals surface area contributed by atoms with Crippen LogP contribution in [0.2, 0.25) is 0 Å². The van der Waals surface area contributed by atoms with Crippen molar-refractivity contribution in [1.29, 1.82) is 0 Å². The smallest absolute Gasteiger partial charge is 0.230 e.